The first-order chi connectivity index (χ1) is 12.7. The highest BCUT2D eigenvalue weighted by molar-refractivity contribution is 7.80. The number of nitrogens with one attached hydrogen (secondary N) is 1. The average molecular weight is 404 g/mol. The second kappa shape index (κ2) is 6.41. The van der Waals surface area contributed by atoms with E-state index in [1.807, 2.05) is 12.1 Å². The number of carbonyl (C=O) groups is 1. The van der Waals surface area contributed by atoms with Crippen molar-refractivity contribution in [1.82, 2.24) is 9.88 Å². The average Bonchev–Trinajstić information content (AvgIpc) is 3.09. The van der Waals surface area contributed by atoms with Crippen LogP contribution < -0.4 is 5.32 Å². The summed E-state index contributed by atoms with van der Waals surface area (Å²) in [5.41, 5.74) is 2.08. The van der Waals surface area contributed by atoms with Crippen LogP contribution in [-0.2, 0) is 4.74 Å². The molecular weight excluding hydrogens is 378 g/mol. The number of anilines is 1. The second-order valence-electron chi connectivity index (χ2n) is 8.96. The fourth-order valence-corrected chi connectivity index (χ4v) is 6.36. The third-order valence-electron chi connectivity index (χ3n) is 5.70. The van der Waals surface area contributed by atoms with Crippen LogP contribution in [-0.4, -0.2) is 40.7 Å². The Balaban J connectivity index is 1.52. The number of hydrogen-bond acceptors (Lipinski definition) is 5. The van der Waals surface area contributed by atoms with Crippen molar-refractivity contribution < 1.29 is 9.53 Å². The number of methoxy groups -OCH3 is 1. The van der Waals surface area contributed by atoms with Crippen molar-refractivity contribution in [2.24, 2.45) is 10.8 Å². The van der Waals surface area contributed by atoms with Crippen LogP contribution in [0.15, 0.2) is 18.2 Å². The third-order valence-corrected chi connectivity index (χ3v) is 6.97. The lowest BCUT2D eigenvalue weighted by Crippen LogP contribution is -2.39. The molecule has 2 atom stereocenters. The van der Waals surface area contributed by atoms with E-state index in [1.54, 1.807) is 6.07 Å². The lowest BCUT2D eigenvalue weighted by Gasteiger charge is -2.39. The van der Waals surface area contributed by atoms with Gasteiger partial charge in [0.05, 0.1) is 22.9 Å². The van der Waals surface area contributed by atoms with E-state index in [-0.39, 0.29) is 5.97 Å². The van der Waals surface area contributed by atoms with Gasteiger partial charge < -0.3 is 15.0 Å². The van der Waals surface area contributed by atoms with Gasteiger partial charge in [0, 0.05) is 12.6 Å². The number of aromatic nitrogens is 1. The standard InChI is InChI=1S/C20H25N3O2S2/c1-19(2)8-13-9-20(3,10-19)11-23(13)18(26)22-17-21-14-6-5-12(16(24)25-4)7-15(14)27-17/h5-7,13H,8-11H2,1-4H3,(H,21,22,26). The molecule has 2 unspecified atom stereocenters. The molecule has 1 saturated carbocycles. The van der Waals surface area contributed by atoms with Crippen LogP contribution in [0.4, 0.5) is 5.13 Å². The van der Waals surface area contributed by atoms with Gasteiger partial charge in [0.15, 0.2) is 10.2 Å². The molecule has 2 fully saturated rings. The molecule has 7 heteroatoms. The normalized spacial score (nSPS) is 26.2. The van der Waals surface area contributed by atoms with Crippen LogP contribution in [0.5, 0.6) is 0 Å². The molecule has 5 nitrogen and oxygen atoms in total. The van der Waals surface area contributed by atoms with Gasteiger partial charge in [0.25, 0.3) is 0 Å². The molecule has 1 N–H and O–H groups in total. The van der Waals surface area contributed by atoms with E-state index in [1.165, 1.54) is 37.7 Å². The molecule has 1 aromatic carbocycles. The maximum absolute atomic E-state index is 11.7. The zero-order valence-electron chi connectivity index (χ0n) is 16.2. The predicted molar refractivity (Wildman–Crippen MR) is 113 cm³/mol. The Morgan fingerprint density at radius 2 is 2.15 bits per heavy atom. The van der Waals surface area contributed by atoms with E-state index >= 15 is 0 Å². The summed E-state index contributed by atoms with van der Waals surface area (Å²) in [6, 6.07) is 5.90. The summed E-state index contributed by atoms with van der Waals surface area (Å²) in [4.78, 5) is 18.7. The highest BCUT2D eigenvalue weighted by atomic mass is 32.1. The Hall–Kier alpha value is -1.73. The molecule has 2 bridgehead atoms. The van der Waals surface area contributed by atoms with E-state index < -0.39 is 0 Å². The smallest absolute Gasteiger partial charge is 0.337 e. The van der Waals surface area contributed by atoms with Crippen LogP contribution in [0, 0.1) is 10.8 Å². The molecule has 2 aromatic rings. The fourth-order valence-electron chi connectivity index (χ4n) is 5.08. The van der Waals surface area contributed by atoms with Crippen LogP contribution >= 0.6 is 23.6 Å². The van der Waals surface area contributed by atoms with E-state index in [2.05, 4.69) is 36.0 Å². The molecule has 2 aliphatic rings. The molecule has 0 radical (unpaired) electrons. The summed E-state index contributed by atoms with van der Waals surface area (Å²) in [6.45, 7) is 8.12. The molecule has 27 heavy (non-hydrogen) atoms. The molecule has 144 valence electrons. The summed E-state index contributed by atoms with van der Waals surface area (Å²) in [5, 5.41) is 4.87. The number of hydrogen-bond donors (Lipinski definition) is 1. The lowest BCUT2D eigenvalue weighted by molar-refractivity contribution is 0.0601. The Labute approximate surface area is 169 Å². The van der Waals surface area contributed by atoms with Crippen molar-refractivity contribution in [1.29, 1.82) is 0 Å². The van der Waals surface area contributed by atoms with E-state index in [0.29, 0.717) is 22.4 Å². The highest BCUT2D eigenvalue weighted by Crippen LogP contribution is 2.52. The first kappa shape index (κ1) is 18.6. The fraction of sp³-hybridized carbons (Fsp3) is 0.550. The number of fused-ring (bicyclic) bond motifs is 3. The van der Waals surface area contributed by atoms with Crippen LogP contribution in [0.1, 0.15) is 50.4 Å². The zero-order chi connectivity index (χ0) is 19.4. The summed E-state index contributed by atoms with van der Waals surface area (Å²) in [5.74, 6) is -0.337. The zero-order valence-corrected chi connectivity index (χ0v) is 17.8. The van der Waals surface area contributed by atoms with Crippen LogP contribution in [0.25, 0.3) is 10.2 Å². The van der Waals surface area contributed by atoms with Gasteiger partial charge in [-0.2, -0.15) is 0 Å². The predicted octanol–water partition coefficient (Wildman–Crippen LogP) is 4.68. The second-order valence-corrected chi connectivity index (χ2v) is 10.4. The van der Waals surface area contributed by atoms with Crippen molar-refractivity contribution in [2.45, 2.75) is 46.1 Å². The van der Waals surface area contributed by atoms with E-state index in [4.69, 9.17) is 17.0 Å². The Bertz CT molecular complexity index is 923. The van der Waals surface area contributed by atoms with Crippen LogP contribution in [0.2, 0.25) is 0 Å². The summed E-state index contributed by atoms with van der Waals surface area (Å²) in [7, 11) is 1.39. The minimum Gasteiger partial charge on any atom is -0.465 e. The Morgan fingerprint density at radius 3 is 2.89 bits per heavy atom. The Kier molecular flexibility index (Phi) is 4.42. The van der Waals surface area contributed by atoms with Gasteiger partial charge in [-0.15, -0.1) is 0 Å². The molecule has 1 aliphatic heterocycles. The number of thiocarbonyl (C=S) groups is 1. The molecule has 0 amide bonds. The van der Waals surface area contributed by atoms with Crippen molar-refractivity contribution in [3.63, 3.8) is 0 Å². The monoisotopic (exact) mass is 403 g/mol. The SMILES string of the molecule is COC(=O)c1ccc2nc(NC(=S)N3CC4(C)CC3CC(C)(C)C4)sc2c1. The van der Waals surface area contributed by atoms with Crippen LogP contribution in [0.3, 0.4) is 0 Å². The number of carbonyl (C=O) groups excluding carboxylic acids is 1. The van der Waals surface area contributed by atoms with E-state index in [0.717, 1.165) is 27.0 Å². The van der Waals surface area contributed by atoms with Gasteiger partial charge in [-0.1, -0.05) is 32.1 Å². The molecule has 0 spiro atoms. The minimum absolute atomic E-state index is 0.334. The number of esters is 1. The number of likely N-dealkylation sites (tertiary alicyclic amines) is 1. The van der Waals surface area contributed by atoms with E-state index in [9.17, 15) is 4.79 Å². The Morgan fingerprint density at radius 1 is 1.37 bits per heavy atom. The maximum Gasteiger partial charge on any atom is 0.337 e. The third kappa shape index (κ3) is 3.55. The van der Waals surface area contributed by atoms with Gasteiger partial charge in [-0.3, -0.25) is 0 Å². The lowest BCUT2D eigenvalue weighted by atomic mass is 9.65. The summed E-state index contributed by atoms with van der Waals surface area (Å²) in [6.07, 6.45) is 3.63. The number of rotatable bonds is 2. The number of ether oxygens (including phenoxy) is 1. The van der Waals surface area contributed by atoms with Crippen molar-refractivity contribution in [3.8, 4) is 0 Å². The highest BCUT2D eigenvalue weighted by Gasteiger charge is 2.50. The summed E-state index contributed by atoms with van der Waals surface area (Å²) < 4.78 is 5.73. The van der Waals surface area contributed by atoms with Gasteiger partial charge in [-0.05, 0) is 60.5 Å². The molecule has 4 rings (SSSR count). The number of thiazole rings is 1. The molecular formula is C20H25N3O2S2. The topological polar surface area (TPSA) is 54.5 Å². The molecule has 1 aromatic heterocycles. The molecule has 2 heterocycles. The summed E-state index contributed by atoms with van der Waals surface area (Å²) >= 11 is 7.25. The van der Waals surface area contributed by atoms with Crippen molar-refractivity contribution in [2.75, 3.05) is 19.0 Å². The first-order valence-corrected chi connectivity index (χ1v) is 10.5. The van der Waals surface area contributed by atoms with Crippen molar-refractivity contribution in [3.05, 3.63) is 23.8 Å². The minimum atomic E-state index is -0.337. The maximum atomic E-state index is 11.7. The van der Waals surface area contributed by atoms with Gasteiger partial charge in [-0.25, -0.2) is 9.78 Å². The first-order valence-electron chi connectivity index (χ1n) is 9.25. The molecule has 1 saturated heterocycles. The van der Waals surface area contributed by atoms with Gasteiger partial charge in [0.1, 0.15) is 0 Å². The molecule has 1 aliphatic carbocycles. The number of benzene rings is 1. The van der Waals surface area contributed by atoms with Gasteiger partial charge in [0.2, 0.25) is 0 Å². The number of nitrogens with zero attached hydrogens (tertiary/aromatic N) is 2. The van der Waals surface area contributed by atoms with Gasteiger partial charge >= 0.3 is 5.97 Å². The largest absolute Gasteiger partial charge is 0.465 e. The van der Waals surface area contributed by atoms with Crippen molar-refractivity contribution >= 4 is 50.0 Å². The quantitative estimate of drug-likeness (QED) is 0.580.